The molecule has 0 saturated carbocycles. The number of hydrogen-bond acceptors (Lipinski definition) is 2. The zero-order chi connectivity index (χ0) is 13.9. The lowest BCUT2D eigenvalue weighted by atomic mass is 10.1. The molecule has 2 heterocycles. The zero-order valence-corrected chi connectivity index (χ0v) is 11.7. The van der Waals surface area contributed by atoms with E-state index in [2.05, 4.69) is 19.1 Å². The van der Waals surface area contributed by atoms with Gasteiger partial charge >= 0.3 is 0 Å². The van der Waals surface area contributed by atoms with Crippen molar-refractivity contribution in [1.82, 2.24) is 4.90 Å². The lowest BCUT2D eigenvalue weighted by molar-refractivity contribution is -0.129. The maximum absolute atomic E-state index is 12.3. The molecular formula is C17H19NO2. The fourth-order valence-corrected chi connectivity index (χ4v) is 2.85. The summed E-state index contributed by atoms with van der Waals surface area (Å²) in [5, 5.41) is 0. The van der Waals surface area contributed by atoms with Crippen molar-refractivity contribution in [3.05, 3.63) is 59.5 Å². The van der Waals surface area contributed by atoms with E-state index in [1.165, 1.54) is 5.56 Å². The number of furan rings is 1. The van der Waals surface area contributed by atoms with Crippen LogP contribution >= 0.6 is 0 Å². The molecule has 3 rings (SSSR count). The van der Waals surface area contributed by atoms with Crippen LogP contribution in [0.15, 0.2) is 47.1 Å². The first kappa shape index (κ1) is 13.0. The fourth-order valence-electron chi connectivity index (χ4n) is 2.85. The number of rotatable bonds is 3. The Morgan fingerprint density at radius 3 is 3.00 bits per heavy atom. The molecule has 1 aromatic heterocycles. The first-order valence-corrected chi connectivity index (χ1v) is 7.09. The van der Waals surface area contributed by atoms with Gasteiger partial charge in [0.25, 0.3) is 0 Å². The van der Waals surface area contributed by atoms with Crippen molar-refractivity contribution < 1.29 is 9.21 Å². The van der Waals surface area contributed by atoms with E-state index in [1.807, 2.05) is 29.2 Å². The van der Waals surface area contributed by atoms with Gasteiger partial charge in [-0.15, -0.1) is 0 Å². The van der Waals surface area contributed by atoms with Crippen molar-refractivity contribution in [1.29, 1.82) is 0 Å². The minimum absolute atomic E-state index is 0.213. The van der Waals surface area contributed by atoms with Crippen molar-refractivity contribution in [2.45, 2.75) is 25.7 Å². The highest BCUT2D eigenvalue weighted by atomic mass is 16.3. The Kier molecular flexibility index (Phi) is 3.59. The quantitative estimate of drug-likeness (QED) is 0.857. The van der Waals surface area contributed by atoms with Gasteiger partial charge in [0.2, 0.25) is 5.91 Å². The summed E-state index contributed by atoms with van der Waals surface area (Å²) in [7, 11) is 0. The Labute approximate surface area is 119 Å². The molecule has 0 spiro atoms. The molecule has 1 aromatic carbocycles. The first-order chi connectivity index (χ1) is 9.72. The summed E-state index contributed by atoms with van der Waals surface area (Å²) >= 11 is 0. The topological polar surface area (TPSA) is 33.5 Å². The summed E-state index contributed by atoms with van der Waals surface area (Å²) < 4.78 is 5.44. The third-order valence-electron chi connectivity index (χ3n) is 3.92. The molecule has 1 unspecified atom stereocenters. The molecule has 1 amide bonds. The lowest BCUT2D eigenvalue weighted by Gasteiger charge is -2.16. The van der Waals surface area contributed by atoms with E-state index in [0.29, 0.717) is 12.3 Å². The van der Waals surface area contributed by atoms with E-state index in [1.54, 1.807) is 6.26 Å². The number of aryl methyl sites for hydroxylation is 1. The van der Waals surface area contributed by atoms with Crippen molar-refractivity contribution in [2.75, 3.05) is 13.1 Å². The predicted octanol–water partition coefficient (Wildman–Crippen LogP) is 3.15. The Morgan fingerprint density at radius 1 is 1.35 bits per heavy atom. The number of benzene rings is 1. The molecular weight excluding hydrogens is 250 g/mol. The van der Waals surface area contributed by atoms with E-state index in [-0.39, 0.29) is 5.91 Å². The highest BCUT2D eigenvalue weighted by Gasteiger charge is 2.28. The maximum atomic E-state index is 12.3. The van der Waals surface area contributed by atoms with E-state index in [0.717, 1.165) is 30.8 Å². The van der Waals surface area contributed by atoms with Gasteiger partial charge in [0.15, 0.2) is 0 Å². The second-order valence-electron chi connectivity index (χ2n) is 5.51. The lowest BCUT2D eigenvalue weighted by Crippen LogP contribution is -2.29. The van der Waals surface area contributed by atoms with Crippen LogP contribution in [0, 0.1) is 6.92 Å². The van der Waals surface area contributed by atoms with Crippen LogP contribution in [-0.2, 0) is 11.2 Å². The van der Waals surface area contributed by atoms with E-state index in [9.17, 15) is 4.79 Å². The third kappa shape index (κ3) is 2.77. The highest BCUT2D eigenvalue weighted by Crippen LogP contribution is 2.27. The summed E-state index contributed by atoms with van der Waals surface area (Å²) in [5.41, 5.74) is 2.29. The largest absolute Gasteiger partial charge is 0.469 e. The van der Waals surface area contributed by atoms with E-state index < -0.39 is 0 Å². The van der Waals surface area contributed by atoms with Crippen molar-refractivity contribution in [3.63, 3.8) is 0 Å². The van der Waals surface area contributed by atoms with Crippen LogP contribution < -0.4 is 0 Å². The number of nitrogens with zero attached hydrogens (tertiary/aromatic N) is 1. The van der Waals surface area contributed by atoms with Crippen LogP contribution in [0.3, 0.4) is 0 Å². The summed E-state index contributed by atoms with van der Waals surface area (Å²) in [4.78, 5) is 14.3. The minimum Gasteiger partial charge on any atom is -0.469 e. The first-order valence-electron chi connectivity index (χ1n) is 7.09. The third-order valence-corrected chi connectivity index (χ3v) is 3.92. The Balaban J connectivity index is 1.61. The number of carbonyl (C=O) groups is 1. The number of likely N-dealkylation sites (tertiary alicyclic amines) is 1. The smallest absolute Gasteiger partial charge is 0.227 e. The summed E-state index contributed by atoms with van der Waals surface area (Å²) in [6.45, 7) is 3.66. The molecule has 1 fully saturated rings. The average molecular weight is 269 g/mol. The van der Waals surface area contributed by atoms with Gasteiger partial charge in [0.1, 0.15) is 5.76 Å². The van der Waals surface area contributed by atoms with Crippen molar-refractivity contribution in [3.8, 4) is 0 Å². The molecule has 1 atom stereocenters. The molecule has 1 aliphatic rings. The summed E-state index contributed by atoms with van der Waals surface area (Å²) in [6.07, 6.45) is 3.19. The van der Waals surface area contributed by atoms with Crippen molar-refractivity contribution in [2.24, 2.45) is 0 Å². The molecule has 0 radical (unpaired) electrons. The number of carbonyl (C=O) groups excluding carboxylic acids is 1. The zero-order valence-electron chi connectivity index (χ0n) is 11.7. The van der Waals surface area contributed by atoms with Gasteiger partial charge in [-0.1, -0.05) is 29.8 Å². The van der Waals surface area contributed by atoms with Gasteiger partial charge in [-0.25, -0.2) is 0 Å². The van der Waals surface area contributed by atoms with Crippen molar-refractivity contribution >= 4 is 5.91 Å². The fraction of sp³-hybridized carbons (Fsp3) is 0.353. The number of amides is 1. The SMILES string of the molecule is Cc1cccc(CC(=O)N2CCC(c3ccco3)C2)c1. The normalized spacial score (nSPS) is 18.4. The van der Waals surface area contributed by atoms with Gasteiger partial charge in [-0.2, -0.15) is 0 Å². The van der Waals surface area contributed by atoms with Gasteiger partial charge < -0.3 is 9.32 Å². The molecule has 2 aromatic rings. The molecule has 0 N–H and O–H groups in total. The Hall–Kier alpha value is -2.03. The molecule has 1 saturated heterocycles. The van der Waals surface area contributed by atoms with Crippen LogP contribution in [0.2, 0.25) is 0 Å². The monoisotopic (exact) mass is 269 g/mol. The molecule has 1 aliphatic heterocycles. The molecule has 104 valence electrons. The molecule has 20 heavy (non-hydrogen) atoms. The van der Waals surface area contributed by atoms with Crippen LogP contribution in [0.1, 0.15) is 29.2 Å². The van der Waals surface area contributed by atoms with Crippen LogP contribution in [0.25, 0.3) is 0 Å². The van der Waals surface area contributed by atoms with E-state index >= 15 is 0 Å². The van der Waals surface area contributed by atoms with E-state index in [4.69, 9.17) is 4.42 Å². The van der Waals surface area contributed by atoms with Crippen LogP contribution in [0.5, 0.6) is 0 Å². The molecule has 3 nitrogen and oxygen atoms in total. The molecule has 0 bridgehead atoms. The average Bonchev–Trinajstić information content (AvgIpc) is 3.10. The maximum Gasteiger partial charge on any atom is 0.227 e. The second kappa shape index (κ2) is 5.53. The Morgan fingerprint density at radius 2 is 2.25 bits per heavy atom. The Bertz CT molecular complexity index is 589. The van der Waals surface area contributed by atoms with Crippen LogP contribution in [-0.4, -0.2) is 23.9 Å². The summed E-state index contributed by atoms with van der Waals surface area (Å²) in [6, 6.07) is 12.1. The van der Waals surface area contributed by atoms with Gasteiger partial charge in [0, 0.05) is 19.0 Å². The standard InChI is InChI=1S/C17H19NO2/c1-13-4-2-5-14(10-13)11-17(19)18-8-7-15(12-18)16-6-3-9-20-16/h2-6,9-10,15H,7-8,11-12H2,1H3. The van der Waals surface area contributed by atoms with Gasteiger partial charge in [0.05, 0.1) is 12.7 Å². The highest BCUT2D eigenvalue weighted by molar-refractivity contribution is 5.79. The predicted molar refractivity (Wildman–Crippen MR) is 77.5 cm³/mol. The summed E-state index contributed by atoms with van der Waals surface area (Å²) in [5.74, 6) is 1.56. The molecule has 3 heteroatoms. The van der Waals surface area contributed by atoms with Gasteiger partial charge in [-0.3, -0.25) is 4.79 Å². The minimum atomic E-state index is 0.213. The second-order valence-corrected chi connectivity index (χ2v) is 5.51. The molecule has 0 aliphatic carbocycles. The van der Waals surface area contributed by atoms with Gasteiger partial charge in [-0.05, 0) is 31.0 Å². The number of hydrogen-bond donors (Lipinski definition) is 0. The van der Waals surface area contributed by atoms with Crippen LogP contribution in [0.4, 0.5) is 0 Å².